The highest BCUT2D eigenvalue weighted by Crippen LogP contribution is 2.33. The lowest BCUT2D eigenvalue weighted by atomic mass is 9.86. The SMILES string of the molecule is COc1ccc(C)cc1-n1nnc(C(=O)Nc2ccc(OC)c(C(C)(C)C)c2)c1C. The number of anilines is 1. The zero-order valence-electron chi connectivity index (χ0n) is 18.5. The summed E-state index contributed by atoms with van der Waals surface area (Å²) in [6, 6.07) is 11.4. The number of nitrogens with zero attached hydrogens (tertiary/aromatic N) is 3. The molecule has 0 saturated heterocycles. The molecule has 158 valence electrons. The summed E-state index contributed by atoms with van der Waals surface area (Å²) in [6.45, 7) is 10.1. The average molecular weight is 409 g/mol. The molecule has 0 unspecified atom stereocenters. The Morgan fingerprint density at radius 2 is 1.67 bits per heavy atom. The summed E-state index contributed by atoms with van der Waals surface area (Å²) in [5.41, 5.74) is 4.22. The van der Waals surface area contributed by atoms with Gasteiger partial charge in [-0.25, -0.2) is 4.68 Å². The highest BCUT2D eigenvalue weighted by molar-refractivity contribution is 6.03. The molecule has 2 aromatic carbocycles. The highest BCUT2D eigenvalue weighted by Gasteiger charge is 2.22. The second-order valence-corrected chi connectivity index (χ2v) is 8.23. The topological polar surface area (TPSA) is 78.3 Å². The number of aromatic nitrogens is 3. The summed E-state index contributed by atoms with van der Waals surface area (Å²) in [6.07, 6.45) is 0. The number of hydrogen-bond donors (Lipinski definition) is 1. The van der Waals surface area contributed by atoms with Gasteiger partial charge in [-0.3, -0.25) is 4.79 Å². The molecule has 7 heteroatoms. The number of hydrogen-bond acceptors (Lipinski definition) is 5. The lowest BCUT2D eigenvalue weighted by molar-refractivity contribution is 0.102. The van der Waals surface area contributed by atoms with E-state index in [4.69, 9.17) is 9.47 Å². The number of carbonyl (C=O) groups is 1. The zero-order chi connectivity index (χ0) is 22.1. The molecular formula is C23H28N4O3. The maximum absolute atomic E-state index is 12.9. The monoisotopic (exact) mass is 408 g/mol. The molecule has 0 radical (unpaired) electrons. The van der Waals surface area contributed by atoms with Crippen LogP contribution < -0.4 is 14.8 Å². The van der Waals surface area contributed by atoms with Crippen molar-refractivity contribution in [3.8, 4) is 17.2 Å². The van der Waals surface area contributed by atoms with E-state index >= 15 is 0 Å². The van der Waals surface area contributed by atoms with Gasteiger partial charge in [0.25, 0.3) is 5.91 Å². The van der Waals surface area contributed by atoms with Crippen LogP contribution in [0.5, 0.6) is 11.5 Å². The molecule has 30 heavy (non-hydrogen) atoms. The van der Waals surface area contributed by atoms with E-state index in [0.29, 0.717) is 17.1 Å². The molecule has 3 aromatic rings. The van der Waals surface area contributed by atoms with Crippen molar-refractivity contribution in [2.75, 3.05) is 19.5 Å². The third-order valence-corrected chi connectivity index (χ3v) is 4.94. The van der Waals surface area contributed by atoms with E-state index in [1.807, 2.05) is 50.2 Å². The Hall–Kier alpha value is -3.35. The molecule has 1 heterocycles. The van der Waals surface area contributed by atoms with Gasteiger partial charge in [-0.05, 0) is 55.2 Å². The molecule has 0 bridgehead atoms. The summed E-state index contributed by atoms with van der Waals surface area (Å²) < 4.78 is 12.5. The van der Waals surface area contributed by atoms with Crippen LogP contribution in [0.2, 0.25) is 0 Å². The fraction of sp³-hybridized carbons (Fsp3) is 0.348. The van der Waals surface area contributed by atoms with Crippen LogP contribution in [0.3, 0.4) is 0 Å². The number of nitrogens with one attached hydrogen (secondary N) is 1. The van der Waals surface area contributed by atoms with Gasteiger partial charge in [-0.1, -0.05) is 32.1 Å². The summed E-state index contributed by atoms with van der Waals surface area (Å²) in [4.78, 5) is 12.9. The van der Waals surface area contributed by atoms with Crippen LogP contribution in [0.4, 0.5) is 5.69 Å². The number of amides is 1. The van der Waals surface area contributed by atoms with Gasteiger partial charge in [0.2, 0.25) is 0 Å². The molecule has 0 aliphatic heterocycles. The molecule has 3 rings (SSSR count). The first kappa shape index (κ1) is 21.4. The molecule has 0 aliphatic carbocycles. The van der Waals surface area contributed by atoms with Gasteiger partial charge < -0.3 is 14.8 Å². The standard InChI is InChI=1S/C23H28N4O3/c1-14-8-10-20(30-7)18(12-14)27-15(2)21(25-26-27)22(28)24-16-9-11-19(29-6)17(13-16)23(3,4)5/h8-13H,1-7H3,(H,24,28). The normalized spacial score (nSPS) is 11.3. The first-order valence-corrected chi connectivity index (χ1v) is 9.73. The molecule has 0 spiro atoms. The van der Waals surface area contributed by atoms with Crippen LogP contribution >= 0.6 is 0 Å². The quantitative estimate of drug-likeness (QED) is 0.675. The predicted molar refractivity (Wildman–Crippen MR) is 117 cm³/mol. The Balaban J connectivity index is 1.92. The van der Waals surface area contributed by atoms with Crippen molar-refractivity contribution in [3.63, 3.8) is 0 Å². The van der Waals surface area contributed by atoms with Crippen molar-refractivity contribution in [1.29, 1.82) is 0 Å². The second-order valence-electron chi connectivity index (χ2n) is 8.23. The largest absolute Gasteiger partial charge is 0.496 e. The molecular weight excluding hydrogens is 380 g/mol. The first-order chi connectivity index (χ1) is 14.2. The molecule has 1 N–H and O–H groups in total. The Morgan fingerprint density at radius 3 is 2.30 bits per heavy atom. The van der Waals surface area contributed by atoms with Crippen molar-refractivity contribution in [2.24, 2.45) is 0 Å². The number of carbonyl (C=O) groups excluding carboxylic acids is 1. The minimum atomic E-state index is -0.324. The smallest absolute Gasteiger partial charge is 0.278 e. The van der Waals surface area contributed by atoms with Gasteiger partial charge in [-0.15, -0.1) is 5.10 Å². The fourth-order valence-electron chi connectivity index (χ4n) is 3.30. The third kappa shape index (κ3) is 4.15. The number of aryl methyl sites for hydroxylation is 1. The molecule has 7 nitrogen and oxygen atoms in total. The molecule has 0 saturated carbocycles. The molecule has 0 fully saturated rings. The first-order valence-electron chi connectivity index (χ1n) is 9.73. The summed E-state index contributed by atoms with van der Waals surface area (Å²) in [5, 5.41) is 11.2. The summed E-state index contributed by atoms with van der Waals surface area (Å²) in [5.74, 6) is 1.12. The van der Waals surface area contributed by atoms with Crippen LogP contribution in [0.1, 0.15) is 48.1 Å². The van der Waals surface area contributed by atoms with Crippen LogP contribution in [0, 0.1) is 13.8 Å². The van der Waals surface area contributed by atoms with E-state index in [0.717, 1.165) is 22.6 Å². The Morgan fingerprint density at radius 1 is 1.00 bits per heavy atom. The van der Waals surface area contributed by atoms with E-state index in [1.165, 1.54) is 0 Å². The maximum Gasteiger partial charge on any atom is 0.278 e. The van der Waals surface area contributed by atoms with Gasteiger partial charge in [-0.2, -0.15) is 0 Å². The van der Waals surface area contributed by atoms with Gasteiger partial charge in [0, 0.05) is 11.3 Å². The number of methoxy groups -OCH3 is 2. The van der Waals surface area contributed by atoms with Gasteiger partial charge in [0.1, 0.15) is 17.2 Å². The van der Waals surface area contributed by atoms with Crippen LogP contribution in [-0.2, 0) is 5.41 Å². The molecule has 0 atom stereocenters. The Bertz CT molecular complexity index is 1080. The lowest BCUT2D eigenvalue weighted by Gasteiger charge is -2.23. The van der Waals surface area contributed by atoms with E-state index in [9.17, 15) is 4.79 Å². The number of benzene rings is 2. The van der Waals surface area contributed by atoms with Gasteiger partial charge in [0.15, 0.2) is 5.69 Å². The molecule has 1 aromatic heterocycles. The third-order valence-electron chi connectivity index (χ3n) is 4.94. The van der Waals surface area contributed by atoms with E-state index in [-0.39, 0.29) is 17.0 Å². The number of rotatable bonds is 5. The fourth-order valence-corrected chi connectivity index (χ4v) is 3.30. The minimum absolute atomic E-state index is 0.132. The van der Waals surface area contributed by atoms with Crippen molar-refractivity contribution >= 4 is 11.6 Å². The zero-order valence-corrected chi connectivity index (χ0v) is 18.5. The van der Waals surface area contributed by atoms with Gasteiger partial charge in [0.05, 0.1) is 19.9 Å². The van der Waals surface area contributed by atoms with Crippen LogP contribution in [-0.4, -0.2) is 35.1 Å². The van der Waals surface area contributed by atoms with Crippen molar-refractivity contribution in [1.82, 2.24) is 15.0 Å². The predicted octanol–water partition coefficient (Wildman–Crippen LogP) is 4.45. The van der Waals surface area contributed by atoms with Crippen molar-refractivity contribution < 1.29 is 14.3 Å². The van der Waals surface area contributed by atoms with E-state index < -0.39 is 0 Å². The second kappa shape index (κ2) is 8.18. The lowest BCUT2D eigenvalue weighted by Crippen LogP contribution is -2.17. The van der Waals surface area contributed by atoms with Crippen LogP contribution in [0.25, 0.3) is 5.69 Å². The average Bonchev–Trinajstić information content (AvgIpc) is 3.08. The Kier molecular flexibility index (Phi) is 5.82. The summed E-state index contributed by atoms with van der Waals surface area (Å²) >= 11 is 0. The van der Waals surface area contributed by atoms with Crippen molar-refractivity contribution in [3.05, 3.63) is 58.9 Å². The van der Waals surface area contributed by atoms with E-state index in [2.05, 4.69) is 36.4 Å². The van der Waals surface area contributed by atoms with Crippen LogP contribution in [0.15, 0.2) is 36.4 Å². The maximum atomic E-state index is 12.9. The minimum Gasteiger partial charge on any atom is -0.496 e. The summed E-state index contributed by atoms with van der Waals surface area (Å²) in [7, 11) is 3.24. The van der Waals surface area contributed by atoms with Crippen molar-refractivity contribution in [2.45, 2.75) is 40.0 Å². The highest BCUT2D eigenvalue weighted by atomic mass is 16.5. The Labute approximate surface area is 177 Å². The molecule has 1 amide bonds. The van der Waals surface area contributed by atoms with E-state index in [1.54, 1.807) is 18.9 Å². The van der Waals surface area contributed by atoms with Gasteiger partial charge >= 0.3 is 0 Å². The molecule has 0 aliphatic rings. The number of ether oxygens (including phenoxy) is 2.